The van der Waals surface area contributed by atoms with E-state index in [2.05, 4.69) is 40.3 Å². The smallest absolute Gasteiger partial charge is 0.0976 e. The second kappa shape index (κ2) is 10.8. The molecule has 0 heterocycles. The van der Waals surface area contributed by atoms with Gasteiger partial charge in [-0.25, -0.2) is 0 Å². The first-order valence-corrected chi connectivity index (χ1v) is 10.3. The van der Waals surface area contributed by atoms with Gasteiger partial charge in [0.1, 0.15) is 0 Å². The highest BCUT2D eigenvalue weighted by atomic mass is 79.9. The first-order valence-electron chi connectivity index (χ1n) is 9.46. The Labute approximate surface area is 165 Å². The molecular formula is C22H30BrNO2. The Morgan fingerprint density at radius 2 is 1.73 bits per heavy atom. The molecule has 0 saturated carbocycles. The van der Waals surface area contributed by atoms with Crippen LogP contribution in [0.4, 0.5) is 0 Å². The molecule has 0 aliphatic rings. The third kappa shape index (κ3) is 5.65. The summed E-state index contributed by atoms with van der Waals surface area (Å²) in [6, 6.07) is 18.3. The van der Waals surface area contributed by atoms with Crippen molar-refractivity contribution in [2.75, 3.05) is 19.7 Å². The largest absolute Gasteiger partial charge is 0.396 e. The number of halogens is 1. The molecule has 3 N–H and O–H groups in total. The molecule has 142 valence electrons. The van der Waals surface area contributed by atoms with E-state index in [1.807, 2.05) is 42.5 Å². The van der Waals surface area contributed by atoms with Gasteiger partial charge in [0.2, 0.25) is 0 Å². The maximum Gasteiger partial charge on any atom is 0.0976 e. The number of benzene rings is 2. The molecule has 0 amide bonds. The summed E-state index contributed by atoms with van der Waals surface area (Å²) in [7, 11) is 0. The van der Waals surface area contributed by atoms with Crippen molar-refractivity contribution in [3.8, 4) is 0 Å². The average Bonchev–Trinajstić information content (AvgIpc) is 2.66. The monoisotopic (exact) mass is 419 g/mol. The highest BCUT2D eigenvalue weighted by molar-refractivity contribution is 9.10. The Bertz CT molecular complexity index is 632. The molecule has 4 heteroatoms. The number of nitrogens with one attached hydrogen (secondary N) is 1. The zero-order valence-corrected chi connectivity index (χ0v) is 17.1. The Kier molecular flexibility index (Phi) is 8.79. The lowest BCUT2D eigenvalue weighted by Crippen LogP contribution is -2.39. The number of hydrogen-bond donors (Lipinski definition) is 3. The van der Waals surface area contributed by atoms with E-state index < -0.39 is 5.60 Å². The molecule has 0 aliphatic heterocycles. The summed E-state index contributed by atoms with van der Waals surface area (Å²) in [6.45, 7) is 3.87. The number of aliphatic hydroxyl groups is 2. The molecule has 26 heavy (non-hydrogen) atoms. The van der Waals surface area contributed by atoms with Crippen molar-refractivity contribution >= 4 is 15.9 Å². The second-order valence-electron chi connectivity index (χ2n) is 6.78. The fourth-order valence-electron chi connectivity index (χ4n) is 3.50. The third-order valence-electron chi connectivity index (χ3n) is 4.86. The summed E-state index contributed by atoms with van der Waals surface area (Å²) in [5.74, 6) is -0.0426. The summed E-state index contributed by atoms with van der Waals surface area (Å²) >= 11 is 3.48. The van der Waals surface area contributed by atoms with E-state index in [1.165, 1.54) is 0 Å². The van der Waals surface area contributed by atoms with E-state index in [0.29, 0.717) is 13.0 Å². The molecule has 0 aromatic heterocycles. The quantitative estimate of drug-likeness (QED) is 0.467. The van der Waals surface area contributed by atoms with E-state index in [9.17, 15) is 5.11 Å². The van der Waals surface area contributed by atoms with Crippen molar-refractivity contribution in [1.29, 1.82) is 0 Å². The molecule has 0 spiro atoms. The summed E-state index contributed by atoms with van der Waals surface area (Å²) in [6.07, 6.45) is 3.34. The van der Waals surface area contributed by atoms with Gasteiger partial charge in [-0.3, -0.25) is 0 Å². The average molecular weight is 420 g/mol. The van der Waals surface area contributed by atoms with Gasteiger partial charge in [0.05, 0.1) is 5.60 Å². The lowest BCUT2D eigenvalue weighted by molar-refractivity contribution is -0.00238. The molecule has 2 aromatic carbocycles. The van der Waals surface area contributed by atoms with E-state index >= 15 is 0 Å². The number of aliphatic hydroxyl groups excluding tert-OH is 1. The topological polar surface area (TPSA) is 52.5 Å². The Hall–Kier alpha value is -1.20. The molecule has 2 aromatic rings. The Balaban J connectivity index is 2.30. The van der Waals surface area contributed by atoms with Crippen LogP contribution in [0.15, 0.2) is 59.1 Å². The van der Waals surface area contributed by atoms with Crippen molar-refractivity contribution in [3.05, 3.63) is 70.2 Å². The van der Waals surface area contributed by atoms with E-state index in [0.717, 1.165) is 41.4 Å². The highest BCUT2D eigenvalue weighted by Crippen LogP contribution is 2.40. The lowest BCUT2D eigenvalue weighted by atomic mass is 9.74. The first-order chi connectivity index (χ1) is 12.6. The Morgan fingerprint density at radius 1 is 1.04 bits per heavy atom. The molecule has 2 rings (SSSR count). The van der Waals surface area contributed by atoms with Crippen molar-refractivity contribution in [2.24, 2.45) is 0 Å². The number of unbranched alkanes of at least 4 members (excludes halogenated alkanes) is 1. The van der Waals surface area contributed by atoms with E-state index in [4.69, 9.17) is 5.11 Å². The molecule has 0 bridgehead atoms. The van der Waals surface area contributed by atoms with Gasteiger partial charge >= 0.3 is 0 Å². The lowest BCUT2D eigenvalue weighted by Gasteiger charge is -2.37. The van der Waals surface area contributed by atoms with Gasteiger partial charge in [0.25, 0.3) is 0 Å². The van der Waals surface area contributed by atoms with Gasteiger partial charge in [-0.2, -0.15) is 0 Å². The van der Waals surface area contributed by atoms with Crippen molar-refractivity contribution in [1.82, 2.24) is 5.32 Å². The van der Waals surface area contributed by atoms with Crippen molar-refractivity contribution in [2.45, 2.75) is 44.1 Å². The fourth-order valence-corrected chi connectivity index (χ4v) is 3.76. The zero-order valence-electron chi connectivity index (χ0n) is 15.5. The van der Waals surface area contributed by atoms with Gasteiger partial charge in [-0.1, -0.05) is 71.7 Å². The minimum absolute atomic E-state index is 0.0426. The van der Waals surface area contributed by atoms with Gasteiger partial charge in [-0.05, 0) is 49.1 Å². The SMILES string of the molecule is CCC[C@@](O)(c1ccc(Br)cc1)[C@@H](CNCCCCO)c1ccccc1. The summed E-state index contributed by atoms with van der Waals surface area (Å²) in [5.41, 5.74) is 1.16. The first kappa shape index (κ1) is 21.1. The van der Waals surface area contributed by atoms with Crippen LogP contribution >= 0.6 is 15.9 Å². The van der Waals surface area contributed by atoms with Gasteiger partial charge in [0.15, 0.2) is 0 Å². The molecule has 0 radical (unpaired) electrons. The molecule has 2 atom stereocenters. The van der Waals surface area contributed by atoms with Gasteiger partial charge in [-0.15, -0.1) is 0 Å². The maximum absolute atomic E-state index is 11.8. The van der Waals surface area contributed by atoms with Crippen LogP contribution in [0, 0.1) is 0 Å². The van der Waals surface area contributed by atoms with Crippen molar-refractivity contribution < 1.29 is 10.2 Å². The van der Waals surface area contributed by atoms with Crippen LogP contribution in [0.1, 0.15) is 49.7 Å². The second-order valence-corrected chi connectivity index (χ2v) is 7.69. The highest BCUT2D eigenvalue weighted by Gasteiger charge is 2.38. The molecule has 0 fully saturated rings. The van der Waals surface area contributed by atoms with E-state index in [1.54, 1.807) is 0 Å². The van der Waals surface area contributed by atoms with Gasteiger partial charge < -0.3 is 15.5 Å². The number of hydrogen-bond acceptors (Lipinski definition) is 3. The van der Waals surface area contributed by atoms with Crippen LogP contribution in [0.2, 0.25) is 0 Å². The summed E-state index contributed by atoms with van der Waals surface area (Å²) in [5, 5.41) is 24.2. The molecule has 0 unspecified atom stereocenters. The van der Waals surface area contributed by atoms with Gasteiger partial charge in [0, 0.05) is 23.5 Å². The van der Waals surface area contributed by atoms with Crippen LogP contribution in [0.3, 0.4) is 0 Å². The Morgan fingerprint density at radius 3 is 2.35 bits per heavy atom. The molecular weight excluding hydrogens is 390 g/mol. The molecule has 0 aliphatic carbocycles. The fraction of sp³-hybridized carbons (Fsp3) is 0.455. The van der Waals surface area contributed by atoms with Crippen LogP contribution in [-0.2, 0) is 5.60 Å². The maximum atomic E-state index is 11.8. The predicted octanol–water partition coefficient (Wildman–Crippen LogP) is 4.58. The number of rotatable bonds is 11. The molecule has 3 nitrogen and oxygen atoms in total. The minimum atomic E-state index is -0.930. The standard InChI is InChI=1S/C22H30BrNO2/c1-2-14-22(26,19-10-12-20(23)13-11-19)21(17-24-15-6-7-16-25)18-8-4-3-5-9-18/h3-5,8-13,21,24-26H,2,6-7,14-17H2,1H3/t21-,22+/m0/s1. The van der Waals surface area contributed by atoms with Crippen LogP contribution in [0.25, 0.3) is 0 Å². The zero-order chi connectivity index (χ0) is 18.8. The van der Waals surface area contributed by atoms with Crippen LogP contribution < -0.4 is 5.32 Å². The molecule has 0 saturated heterocycles. The van der Waals surface area contributed by atoms with Crippen LogP contribution in [0.5, 0.6) is 0 Å². The summed E-state index contributed by atoms with van der Waals surface area (Å²) in [4.78, 5) is 0. The normalized spacial score (nSPS) is 14.8. The third-order valence-corrected chi connectivity index (χ3v) is 5.39. The van der Waals surface area contributed by atoms with Crippen molar-refractivity contribution in [3.63, 3.8) is 0 Å². The minimum Gasteiger partial charge on any atom is -0.396 e. The van der Waals surface area contributed by atoms with E-state index in [-0.39, 0.29) is 12.5 Å². The van der Waals surface area contributed by atoms with Crippen LogP contribution in [-0.4, -0.2) is 29.9 Å². The predicted molar refractivity (Wildman–Crippen MR) is 111 cm³/mol. The summed E-state index contributed by atoms with van der Waals surface area (Å²) < 4.78 is 1.01.